The molecule has 2 heteroatoms. The van der Waals surface area contributed by atoms with E-state index in [2.05, 4.69) is 26.0 Å². The van der Waals surface area contributed by atoms with Crippen molar-refractivity contribution in [2.24, 2.45) is 5.92 Å². The molecule has 1 fully saturated rings. The van der Waals surface area contributed by atoms with Crippen LogP contribution in [0.5, 0.6) is 0 Å². The van der Waals surface area contributed by atoms with Crippen LogP contribution >= 0.6 is 0 Å². The van der Waals surface area contributed by atoms with Gasteiger partial charge in [0.15, 0.2) is 0 Å². The van der Waals surface area contributed by atoms with Crippen molar-refractivity contribution >= 4 is 5.97 Å². The van der Waals surface area contributed by atoms with Crippen LogP contribution in [0.4, 0.5) is 0 Å². The predicted molar refractivity (Wildman–Crippen MR) is 72.4 cm³/mol. The zero-order chi connectivity index (χ0) is 13.0. The number of ether oxygens (including phenoxy) is 1. The number of cyclic esters (lactones) is 1. The Kier molecular flexibility index (Phi) is 4.05. The summed E-state index contributed by atoms with van der Waals surface area (Å²) in [5.74, 6) is 0.327. The van der Waals surface area contributed by atoms with Gasteiger partial charge in [0.05, 0.1) is 12.0 Å². The molecule has 0 aromatic heterocycles. The van der Waals surface area contributed by atoms with Crippen LogP contribution < -0.4 is 0 Å². The summed E-state index contributed by atoms with van der Waals surface area (Å²) in [6.45, 7) is 4.92. The molecule has 2 nitrogen and oxygen atoms in total. The Morgan fingerprint density at radius 3 is 2.67 bits per heavy atom. The summed E-state index contributed by atoms with van der Waals surface area (Å²) in [6, 6.07) is 10.2. The molecule has 1 aromatic rings. The number of carbonyl (C=O) groups excluding carboxylic acids is 1. The maximum Gasteiger partial charge on any atom is 0.316 e. The first-order chi connectivity index (χ1) is 8.71. The minimum Gasteiger partial charge on any atom is -0.465 e. The van der Waals surface area contributed by atoms with Gasteiger partial charge < -0.3 is 4.74 Å². The number of rotatable bonds is 4. The van der Waals surface area contributed by atoms with E-state index in [1.54, 1.807) is 0 Å². The van der Waals surface area contributed by atoms with Gasteiger partial charge in [-0.1, -0.05) is 57.0 Å². The van der Waals surface area contributed by atoms with Gasteiger partial charge in [-0.25, -0.2) is 0 Å². The third-order valence-corrected chi connectivity index (χ3v) is 4.20. The molecule has 0 amide bonds. The van der Waals surface area contributed by atoms with Crippen molar-refractivity contribution in [2.75, 3.05) is 6.61 Å². The van der Waals surface area contributed by atoms with E-state index in [9.17, 15) is 4.79 Å². The van der Waals surface area contributed by atoms with Crippen molar-refractivity contribution in [2.45, 2.75) is 44.9 Å². The molecular formula is C16H22O2. The molecule has 2 atom stereocenters. The molecule has 2 unspecified atom stereocenters. The second-order valence-electron chi connectivity index (χ2n) is 5.27. The maximum absolute atomic E-state index is 12.4. The number of carbonyl (C=O) groups is 1. The summed E-state index contributed by atoms with van der Waals surface area (Å²) >= 11 is 0. The minimum atomic E-state index is -0.421. The minimum absolute atomic E-state index is 0.0269. The van der Waals surface area contributed by atoms with Crippen LogP contribution in [0.15, 0.2) is 30.3 Å². The van der Waals surface area contributed by atoms with E-state index in [0.717, 1.165) is 31.2 Å². The zero-order valence-electron chi connectivity index (χ0n) is 11.3. The van der Waals surface area contributed by atoms with Crippen LogP contribution in [-0.4, -0.2) is 12.6 Å². The first-order valence-electron chi connectivity index (χ1n) is 6.94. The maximum atomic E-state index is 12.4. The van der Waals surface area contributed by atoms with E-state index >= 15 is 0 Å². The largest absolute Gasteiger partial charge is 0.465 e. The molecule has 18 heavy (non-hydrogen) atoms. The van der Waals surface area contributed by atoms with Crippen molar-refractivity contribution in [3.05, 3.63) is 35.9 Å². The van der Waals surface area contributed by atoms with Crippen LogP contribution in [0, 0.1) is 5.92 Å². The summed E-state index contributed by atoms with van der Waals surface area (Å²) in [7, 11) is 0. The average Bonchev–Trinajstić information content (AvgIpc) is 2.40. The molecule has 0 N–H and O–H groups in total. The van der Waals surface area contributed by atoms with Gasteiger partial charge in [-0.2, -0.15) is 0 Å². The van der Waals surface area contributed by atoms with E-state index in [0.29, 0.717) is 12.5 Å². The molecule has 1 saturated heterocycles. The SMILES string of the molecule is CCCCC1(c2ccccc2)C(=O)OCCC1C. The fourth-order valence-corrected chi connectivity index (χ4v) is 2.99. The van der Waals surface area contributed by atoms with E-state index < -0.39 is 5.41 Å². The molecule has 0 spiro atoms. The van der Waals surface area contributed by atoms with Gasteiger partial charge in [-0.3, -0.25) is 4.79 Å². The molecular weight excluding hydrogens is 224 g/mol. The number of esters is 1. The summed E-state index contributed by atoms with van der Waals surface area (Å²) in [5, 5.41) is 0. The van der Waals surface area contributed by atoms with Gasteiger partial charge >= 0.3 is 5.97 Å². The van der Waals surface area contributed by atoms with Crippen LogP contribution in [0.2, 0.25) is 0 Å². The van der Waals surface area contributed by atoms with E-state index in [1.165, 1.54) is 0 Å². The fourth-order valence-electron chi connectivity index (χ4n) is 2.99. The second kappa shape index (κ2) is 5.55. The molecule has 0 aliphatic carbocycles. The van der Waals surface area contributed by atoms with Gasteiger partial charge in [0, 0.05) is 0 Å². The normalized spacial score (nSPS) is 27.9. The van der Waals surface area contributed by atoms with Gasteiger partial charge in [0.2, 0.25) is 0 Å². The molecule has 0 bridgehead atoms. The van der Waals surface area contributed by atoms with E-state index in [4.69, 9.17) is 4.74 Å². The third kappa shape index (κ3) is 2.16. The highest BCUT2D eigenvalue weighted by Crippen LogP contribution is 2.42. The summed E-state index contributed by atoms with van der Waals surface area (Å²) in [5.41, 5.74) is 0.700. The van der Waals surface area contributed by atoms with Crippen molar-refractivity contribution in [3.63, 3.8) is 0 Å². The molecule has 2 rings (SSSR count). The molecule has 1 aliphatic rings. The van der Waals surface area contributed by atoms with Crippen molar-refractivity contribution in [1.82, 2.24) is 0 Å². The monoisotopic (exact) mass is 246 g/mol. The highest BCUT2D eigenvalue weighted by molar-refractivity contribution is 5.84. The van der Waals surface area contributed by atoms with Crippen molar-refractivity contribution in [1.29, 1.82) is 0 Å². The number of hydrogen-bond donors (Lipinski definition) is 0. The Balaban J connectivity index is 2.41. The topological polar surface area (TPSA) is 26.3 Å². The Morgan fingerprint density at radius 1 is 1.33 bits per heavy atom. The fraction of sp³-hybridized carbons (Fsp3) is 0.562. The molecule has 98 valence electrons. The van der Waals surface area contributed by atoms with Crippen LogP contribution in [0.3, 0.4) is 0 Å². The number of benzene rings is 1. The lowest BCUT2D eigenvalue weighted by Crippen LogP contribution is -2.47. The lowest BCUT2D eigenvalue weighted by atomic mass is 9.66. The zero-order valence-corrected chi connectivity index (χ0v) is 11.3. The highest BCUT2D eigenvalue weighted by Gasteiger charge is 2.47. The summed E-state index contributed by atoms with van der Waals surface area (Å²) < 4.78 is 5.38. The molecule has 1 aliphatic heterocycles. The standard InChI is InChI=1S/C16H22O2/c1-3-4-11-16(14-8-6-5-7-9-14)13(2)10-12-18-15(16)17/h5-9,13H,3-4,10-12H2,1-2H3. The molecule has 1 heterocycles. The van der Waals surface area contributed by atoms with Crippen molar-refractivity contribution < 1.29 is 9.53 Å². The number of unbranched alkanes of at least 4 members (excludes halogenated alkanes) is 1. The van der Waals surface area contributed by atoms with Gasteiger partial charge in [-0.05, 0) is 24.3 Å². The Morgan fingerprint density at radius 2 is 2.06 bits per heavy atom. The average molecular weight is 246 g/mol. The Labute approximate surface area is 109 Å². The summed E-state index contributed by atoms with van der Waals surface area (Å²) in [6.07, 6.45) is 4.03. The highest BCUT2D eigenvalue weighted by atomic mass is 16.5. The molecule has 0 saturated carbocycles. The summed E-state index contributed by atoms with van der Waals surface area (Å²) in [4.78, 5) is 12.4. The Hall–Kier alpha value is -1.31. The van der Waals surface area contributed by atoms with Gasteiger partial charge in [0.1, 0.15) is 0 Å². The molecule has 1 aromatic carbocycles. The van der Waals surface area contributed by atoms with E-state index in [-0.39, 0.29) is 5.97 Å². The lowest BCUT2D eigenvalue weighted by molar-refractivity contribution is -0.160. The number of hydrogen-bond acceptors (Lipinski definition) is 2. The smallest absolute Gasteiger partial charge is 0.316 e. The first-order valence-corrected chi connectivity index (χ1v) is 6.94. The van der Waals surface area contributed by atoms with Gasteiger partial charge in [0.25, 0.3) is 0 Å². The third-order valence-electron chi connectivity index (χ3n) is 4.20. The lowest BCUT2D eigenvalue weighted by Gasteiger charge is -2.41. The first kappa shape index (κ1) is 13.1. The predicted octanol–water partition coefficient (Wildman–Crippen LogP) is 3.70. The quantitative estimate of drug-likeness (QED) is 0.757. The van der Waals surface area contributed by atoms with Crippen LogP contribution in [0.1, 0.15) is 45.1 Å². The van der Waals surface area contributed by atoms with E-state index in [1.807, 2.05) is 18.2 Å². The Bertz CT molecular complexity index is 399. The molecule has 0 radical (unpaired) electrons. The van der Waals surface area contributed by atoms with Crippen LogP contribution in [-0.2, 0) is 14.9 Å². The van der Waals surface area contributed by atoms with Crippen molar-refractivity contribution in [3.8, 4) is 0 Å². The van der Waals surface area contributed by atoms with Gasteiger partial charge in [-0.15, -0.1) is 0 Å². The van der Waals surface area contributed by atoms with Crippen LogP contribution in [0.25, 0.3) is 0 Å². The second-order valence-corrected chi connectivity index (χ2v) is 5.27.